The number of aryl methyl sites for hydroxylation is 1. The number of amides is 1. The average molecular weight is 434 g/mol. The van der Waals surface area contributed by atoms with E-state index in [9.17, 15) is 13.2 Å². The normalized spacial score (nSPS) is 13.8. The molecule has 2 aromatic rings. The molecule has 0 atom stereocenters. The fourth-order valence-corrected chi connectivity index (χ4v) is 4.75. The average Bonchev–Trinajstić information content (AvgIpc) is 3.52. The Morgan fingerprint density at radius 1 is 1.23 bits per heavy atom. The molecule has 8 nitrogen and oxygen atoms in total. The summed E-state index contributed by atoms with van der Waals surface area (Å²) in [6.45, 7) is 4.07. The van der Waals surface area contributed by atoms with Crippen LogP contribution in [0.2, 0.25) is 0 Å². The van der Waals surface area contributed by atoms with Gasteiger partial charge in [0.2, 0.25) is 10.0 Å². The minimum Gasteiger partial charge on any atom is -0.496 e. The number of methoxy groups -OCH3 is 2. The number of sulfonamides is 1. The Morgan fingerprint density at radius 2 is 1.93 bits per heavy atom. The summed E-state index contributed by atoms with van der Waals surface area (Å²) >= 11 is 0. The van der Waals surface area contributed by atoms with Gasteiger partial charge in [-0.05, 0) is 44.9 Å². The maximum atomic E-state index is 13.0. The molecule has 1 aromatic heterocycles. The van der Waals surface area contributed by atoms with Gasteiger partial charge in [0, 0.05) is 36.0 Å². The lowest BCUT2D eigenvalue weighted by Gasteiger charge is -2.20. The van der Waals surface area contributed by atoms with Crippen molar-refractivity contribution in [1.29, 1.82) is 0 Å². The summed E-state index contributed by atoms with van der Waals surface area (Å²) in [5.41, 5.74) is 2.75. The Kier molecular flexibility index (Phi) is 6.33. The van der Waals surface area contributed by atoms with Crippen molar-refractivity contribution in [2.24, 2.45) is 0 Å². The van der Waals surface area contributed by atoms with Crippen LogP contribution in [-0.4, -0.2) is 51.5 Å². The van der Waals surface area contributed by atoms with Crippen molar-refractivity contribution in [2.75, 3.05) is 21.3 Å². The summed E-state index contributed by atoms with van der Waals surface area (Å²) in [4.78, 5) is 18.9. The van der Waals surface area contributed by atoms with Crippen LogP contribution < -0.4 is 14.2 Å². The molecule has 162 valence electrons. The number of rotatable bonds is 8. The number of nitrogens with one attached hydrogen (secondary N) is 1. The highest BCUT2D eigenvalue weighted by molar-refractivity contribution is 7.89. The number of nitrogens with zero attached hydrogens (tertiary/aromatic N) is 2. The van der Waals surface area contributed by atoms with Crippen LogP contribution in [0.5, 0.6) is 11.5 Å². The van der Waals surface area contributed by atoms with Gasteiger partial charge in [0.15, 0.2) is 0 Å². The van der Waals surface area contributed by atoms with Gasteiger partial charge in [-0.3, -0.25) is 9.78 Å². The first-order chi connectivity index (χ1) is 14.2. The monoisotopic (exact) mass is 433 g/mol. The Labute approximate surface area is 177 Å². The van der Waals surface area contributed by atoms with Crippen molar-refractivity contribution in [3.63, 3.8) is 0 Å². The molecule has 0 spiro atoms. The SMILES string of the molecule is COc1ccc(C(=O)N(C)Cc2ncc(C)c(OC)c2C)cc1S(=O)(=O)NC1CC1. The zero-order valence-corrected chi connectivity index (χ0v) is 18.7. The number of carbonyl (C=O) groups excluding carboxylic acids is 1. The highest BCUT2D eigenvalue weighted by Crippen LogP contribution is 2.29. The van der Waals surface area contributed by atoms with Crippen molar-refractivity contribution in [3.05, 3.63) is 46.8 Å². The van der Waals surface area contributed by atoms with Crippen molar-refractivity contribution in [1.82, 2.24) is 14.6 Å². The Balaban J connectivity index is 1.87. The molecule has 0 unspecified atom stereocenters. The van der Waals surface area contributed by atoms with Crippen LogP contribution >= 0.6 is 0 Å². The van der Waals surface area contributed by atoms with Crippen LogP contribution in [0, 0.1) is 13.8 Å². The molecular weight excluding hydrogens is 406 g/mol. The quantitative estimate of drug-likeness (QED) is 0.687. The third-order valence-corrected chi connectivity index (χ3v) is 6.62. The molecule has 0 bridgehead atoms. The largest absolute Gasteiger partial charge is 0.496 e. The van der Waals surface area contributed by atoms with E-state index in [0.717, 1.165) is 29.7 Å². The van der Waals surface area contributed by atoms with Gasteiger partial charge in [-0.15, -0.1) is 0 Å². The summed E-state index contributed by atoms with van der Waals surface area (Å²) in [5, 5.41) is 0. The van der Waals surface area contributed by atoms with Gasteiger partial charge in [-0.2, -0.15) is 0 Å². The third-order valence-electron chi connectivity index (χ3n) is 5.08. The van der Waals surface area contributed by atoms with Crippen LogP contribution in [0.15, 0.2) is 29.3 Å². The van der Waals surface area contributed by atoms with E-state index >= 15 is 0 Å². The van der Waals surface area contributed by atoms with Gasteiger partial charge in [-0.1, -0.05) is 0 Å². The Hall–Kier alpha value is -2.65. The lowest BCUT2D eigenvalue weighted by Crippen LogP contribution is -2.29. The fraction of sp³-hybridized carbons (Fsp3) is 0.429. The molecule has 1 saturated carbocycles. The summed E-state index contributed by atoms with van der Waals surface area (Å²) in [5.74, 6) is 0.620. The highest BCUT2D eigenvalue weighted by Gasteiger charge is 2.30. The molecule has 0 radical (unpaired) electrons. The van der Waals surface area contributed by atoms with E-state index < -0.39 is 10.0 Å². The zero-order chi connectivity index (χ0) is 22.1. The van der Waals surface area contributed by atoms with E-state index in [4.69, 9.17) is 9.47 Å². The second-order valence-electron chi connectivity index (χ2n) is 7.47. The van der Waals surface area contributed by atoms with Gasteiger partial charge >= 0.3 is 0 Å². The van der Waals surface area contributed by atoms with E-state index in [1.807, 2.05) is 13.8 Å². The molecule has 1 amide bonds. The molecule has 1 aromatic carbocycles. The Bertz CT molecular complexity index is 1060. The number of benzene rings is 1. The van der Waals surface area contributed by atoms with Crippen molar-refractivity contribution >= 4 is 15.9 Å². The molecule has 1 aliphatic rings. The molecule has 0 aliphatic heterocycles. The first-order valence-corrected chi connectivity index (χ1v) is 11.1. The zero-order valence-electron chi connectivity index (χ0n) is 17.9. The second kappa shape index (κ2) is 8.61. The van der Waals surface area contributed by atoms with E-state index in [2.05, 4.69) is 9.71 Å². The van der Waals surface area contributed by atoms with E-state index in [1.54, 1.807) is 26.4 Å². The molecule has 1 fully saturated rings. The molecule has 1 heterocycles. The standard InChI is InChI=1S/C21H27N3O5S/c1-13-11-22-17(14(2)20(13)29-5)12-24(3)21(25)15-6-9-18(28-4)19(10-15)30(26,27)23-16-7-8-16/h6,9-11,16,23H,7-8,12H2,1-5H3. The minimum atomic E-state index is -3.78. The number of ether oxygens (including phenoxy) is 2. The van der Waals surface area contributed by atoms with Crippen LogP contribution in [0.3, 0.4) is 0 Å². The first kappa shape index (κ1) is 22.0. The van der Waals surface area contributed by atoms with Gasteiger partial charge in [0.1, 0.15) is 16.4 Å². The first-order valence-electron chi connectivity index (χ1n) is 9.62. The van der Waals surface area contributed by atoms with Gasteiger partial charge in [-0.25, -0.2) is 13.1 Å². The predicted octanol–water partition coefficient (Wildman–Crippen LogP) is 2.43. The topological polar surface area (TPSA) is 97.8 Å². The van der Waals surface area contributed by atoms with Crippen LogP contribution in [-0.2, 0) is 16.6 Å². The van der Waals surface area contributed by atoms with E-state index in [-0.39, 0.29) is 34.7 Å². The number of hydrogen-bond acceptors (Lipinski definition) is 6. The van der Waals surface area contributed by atoms with Crippen LogP contribution in [0.25, 0.3) is 0 Å². The number of pyridine rings is 1. The van der Waals surface area contributed by atoms with E-state index in [1.165, 1.54) is 24.1 Å². The van der Waals surface area contributed by atoms with E-state index in [0.29, 0.717) is 5.69 Å². The summed E-state index contributed by atoms with van der Waals surface area (Å²) in [6, 6.07) is 4.37. The molecule has 0 saturated heterocycles. The van der Waals surface area contributed by atoms with Gasteiger partial charge in [0.05, 0.1) is 26.5 Å². The Morgan fingerprint density at radius 3 is 2.53 bits per heavy atom. The molecule has 1 aliphatic carbocycles. The maximum absolute atomic E-state index is 13.0. The van der Waals surface area contributed by atoms with Crippen molar-refractivity contribution in [2.45, 2.75) is 44.2 Å². The minimum absolute atomic E-state index is 0.0394. The molecule has 30 heavy (non-hydrogen) atoms. The molecule has 3 rings (SSSR count). The highest BCUT2D eigenvalue weighted by atomic mass is 32.2. The number of aromatic nitrogens is 1. The third kappa shape index (κ3) is 4.57. The fourth-order valence-electron chi connectivity index (χ4n) is 3.25. The van der Waals surface area contributed by atoms with Crippen molar-refractivity contribution in [3.8, 4) is 11.5 Å². The second-order valence-corrected chi connectivity index (χ2v) is 9.15. The number of carbonyl (C=O) groups is 1. The maximum Gasteiger partial charge on any atom is 0.253 e. The lowest BCUT2D eigenvalue weighted by molar-refractivity contribution is 0.0782. The molecule has 1 N–H and O–H groups in total. The van der Waals surface area contributed by atoms with Crippen molar-refractivity contribution < 1.29 is 22.7 Å². The van der Waals surface area contributed by atoms with Crippen LogP contribution in [0.4, 0.5) is 0 Å². The van der Waals surface area contributed by atoms with Gasteiger partial charge < -0.3 is 14.4 Å². The van der Waals surface area contributed by atoms with Crippen LogP contribution in [0.1, 0.15) is 40.0 Å². The predicted molar refractivity (Wildman–Crippen MR) is 112 cm³/mol. The molecule has 9 heteroatoms. The summed E-state index contributed by atoms with van der Waals surface area (Å²) in [6.07, 6.45) is 3.34. The summed E-state index contributed by atoms with van der Waals surface area (Å²) in [7, 11) is 0.875. The molecular formula is C21H27N3O5S. The lowest BCUT2D eigenvalue weighted by atomic mass is 10.1. The summed E-state index contributed by atoms with van der Waals surface area (Å²) < 4.78 is 38.7. The smallest absolute Gasteiger partial charge is 0.253 e. The number of hydrogen-bond donors (Lipinski definition) is 1. The van der Waals surface area contributed by atoms with Gasteiger partial charge in [0.25, 0.3) is 5.91 Å².